The first-order chi connectivity index (χ1) is 6.77. The van der Waals surface area contributed by atoms with Gasteiger partial charge in [0.05, 0.1) is 12.7 Å². The largest absolute Gasteiger partial charge is 0.378 e. The fourth-order valence-corrected chi connectivity index (χ4v) is 1.95. The van der Waals surface area contributed by atoms with Crippen LogP contribution < -0.4 is 5.73 Å². The van der Waals surface area contributed by atoms with Crippen LogP contribution in [0.15, 0.2) is 24.5 Å². The Balaban J connectivity index is 2.05. The highest BCUT2D eigenvalue weighted by molar-refractivity contribution is 5.14. The van der Waals surface area contributed by atoms with Crippen molar-refractivity contribution in [2.45, 2.75) is 25.5 Å². The molecule has 2 heterocycles. The Labute approximate surface area is 84.3 Å². The molecular weight excluding hydrogens is 176 g/mol. The van der Waals surface area contributed by atoms with Crippen LogP contribution in [0.4, 0.5) is 0 Å². The van der Waals surface area contributed by atoms with E-state index in [0.29, 0.717) is 12.0 Å². The van der Waals surface area contributed by atoms with Gasteiger partial charge in [-0.15, -0.1) is 0 Å². The van der Waals surface area contributed by atoms with Crippen LogP contribution in [0.25, 0.3) is 0 Å². The van der Waals surface area contributed by atoms with Gasteiger partial charge in [-0.25, -0.2) is 0 Å². The monoisotopic (exact) mass is 192 g/mol. The number of aromatic nitrogens is 1. The SMILES string of the molecule is CC1CC(C(N)c2cccnc2)CO1. The summed E-state index contributed by atoms with van der Waals surface area (Å²) in [6.07, 6.45) is 5.01. The van der Waals surface area contributed by atoms with Crippen LogP contribution in [0.2, 0.25) is 0 Å². The molecule has 1 aliphatic rings. The fraction of sp³-hybridized carbons (Fsp3) is 0.545. The van der Waals surface area contributed by atoms with E-state index in [2.05, 4.69) is 11.9 Å². The summed E-state index contributed by atoms with van der Waals surface area (Å²) in [5.74, 6) is 0.439. The molecule has 2 rings (SSSR count). The molecule has 1 aromatic rings. The van der Waals surface area contributed by atoms with Crippen molar-refractivity contribution in [1.29, 1.82) is 0 Å². The highest BCUT2D eigenvalue weighted by Crippen LogP contribution is 2.29. The Kier molecular flexibility index (Phi) is 2.79. The molecule has 1 fully saturated rings. The lowest BCUT2D eigenvalue weighted by Gasteiger charge is -2.17. The van der Waals surface area contributed by atoms with Crippen molar-refractivity contribution < 1.29 is 4.74 Å². The van der Waals surface area contributed by atoms with E-state index in [1.54, 1.807) is 6.20 Å². The van der Waals surface area contributed by atoms with Crippen LogP contribution in [0, 0.1) is 5.92 Å². The molecule has 0 amide bonds. The fourth-order valence-electron chi connectivity index (χ4n) is 1.95. The molecule has 76 valence electrons. The summed E-state index contributed by atoms with van der Waals surface area (Å²) in [4.78, 5) is 4.08. The zero-order chi connectivity index (χ0) is 9.97. The predicted molar refractivity (Wildman–Crippen MR) is 54.7 cm³/mol. The molecule has 0 aromatic carbocycles. The van der Waals surface area contributed by atoms with Gasteiger partial charge in [-0.05, 0) is 25.0 Å². The second-order valence-corrected chi connectivity index (χ2v) is 3.95. The Morgan fingerprint density at radius 1 is 1.64 bits per heavy atom. The molecule has 0 saturated carbocycles. The van der Waals surface area contributed by atoms with Crippen molar-refractivity contribution in [3.63, 3.8) is 0 Å². The van der Waals surface area contributed by atoms with Crippen molar-refractivity contribution in [2.75, 3.05) is 6.61 Å². The lowest BCUT2D eigenvalue weighted by Crippen LogP contribution is -2.21. The lowest BCUT2D eigenvalue weighted by molar-refractivity contribution is 0.118. The van der Waals surface area contributed by atoms with Crippen LogP contribution in [-0.2, 0) is 4.74 Å². The van der Waals surface area contributed by atoms with E-state index >= 15 is 0 Å². The summed E-state index contributed by atoms with van der Waals surface area (Å²) in [6.45, 7) is 2.87. The van der Waals surface area contributed by atoms with Crippen LogP contribution in [0.1, 0.15) is 24.9 Å². The molecule has 14 heavy (non-hydrogen) atoms. The van der Waals surface area contributed by atoms with Crippen LogP contribution in [-0.4, -0.2) is 17.7 Å². The van der Waals surface area contributed by atoms with Gasteiger partial charge >= 0.3 is 0 Å². The number of hydrogen-bond donors (Lipinski definition) is 1. The molecule has 0 bridgehead atoms. The van der Waals surface area contributed by atoms with E-state index in [-0.39, 0.29) is 6.04 Å². The summed E-state index contributed by atoms with van der Waals surface area (Å²) in [7, 11) is 0. The molecule has 3 atom stereocenters. The topological polar surface area (TPSA) is 48.1 Å². The van der Waals surface area contributed by atoms with Gasteiger partial charge in [-0.1, -0.05) is 6.07 Å². The minimum Gasteiger partial charge on any atom is -0.378 e. The average Bonchev–Trinajstić information content (AvgIpc) is 2.65. The molecular formula is C11H16N2O. The first-order valence-corrected chi connectivity index (χ1v) is 5.04. The van der Waals surface area contributed by atoms with E-state index in [4.69, 9.17) is 10.5 Å². The minimum atomic E-state index is 0.0636. The molecule has 0 aliphatic carbocycles. The van der Waals surface area contributed by atoms with Crippen molar-refractivity contribution in [2.24, 2.45) is 11.7 Å². The Morgan fingerprint density at radius 2 is 2.50 bits per heavy atom. The summed E-state index contributed by atoms with van der Waals surface area (Å²) in [5.41, 5.74) is 7.25. The van der Waals surface area contributed by atoms with Crippen LogP contribution in [0.3, 0.4) is 0 Å². The first-order valence-electron chi connectivity index (χ1n) is 5.04. The number of nitrogens with zero attached hydrogens (tertiary/aromatic N) is 1. The molecule has 1 aliphatic heterocycles. The highest BCUT2D eigenvalue weighted by Gasteiger charge is 2.28. The Hall–Kier alpha value is -0.930. The van der Waals surface area contributed by atoms with Crippen molar-refractivity contribution in [3.05, 3.63) is 30.1 Å². The van der Waals surface area contributed by atoms with Gasteiger partial charge in [0.1, 0.15) is 0 Å². The number of hydrogen-bond acceptors (Lipinski definition) is 3. The van der Waals surface area contributed by atoms with E-state index in [1.807, 2.05) is 18.3 Å². The van der Waals surface area contributed by atoms with Gasteiger partial charge in [0, 0.05) is 24.4 Å². The zero-order valence-corrected chi connectivity index (χ0v) is 8.39. The van der Waals surface area contributed by atoms with E-state index < -0.39 is 0 Å². The number of ether oxygens (including phenoxy) is 1. The van der Waals surface area contributed by atoms with Crippen LogP contribution in [0.5, 0.6) is 0 Å². The third-order valence-electron chi connectivity index (χ3n) is 2.81. The van der Waals surface area contributed by atoms with Gasteiger partial charge in [-0.3, -0.25) is 4.98 Å². The number of pyridine rings is 1. The molecule has 2 N–H and O–H groups in total. The summed E-state index contributed by atoms with van der Waals surface area (Å²) < 4.78 is 5.51. The smallest absolute Gasteiger partial charge is 0.0551 e. The maximum absolute atomic E-state index is 6.14. The summed E-state index contributed by atoms with van der Waals surface area (Å²) in [5, 5.41) is 0. The summed E-state index contributed by atoms with van der Waals surface area (Å²) in [6, 6.07) is 4.02. The van der Waals surface area contributed by atoms with Gasteiger partial charge in [0.2, 0.25) is 0 Å². The van der Waals surface area contributed by atoms with Gasteiger partial charge < -0.3 is 10.5 Å². The third-order valence-corrected chi connectivity index (χ3v) is 2.81. The lowest BCUT2D eigenvalue weighted by atomic mass is 9.93. The van der Waals surface area contributed by atoms with Crippen molar-refractivity contribution in [3.8, 4) is 0 Å². The number of rotatable bonds is 2. The van der Waals surface area contributed by atoms with Gasteiger partial charge in [0.15, 0.2) is 0 Å². The average molecular weight is 192 g/mol. The van der Waals surface area contributed by atoms with Gasteiger partial charge in [-0.2, -0.15) is 0 Å². The predicted octanol–water partition coefficient (Wildman–Crippen LogP) is 1.51. The molecule has 3 heteroatoms. The minimum absolute atomic E-state index is 0.0636. The quantitative estimate of drug-likeness (QED) is 0.772. The summed E-state index contributed by atoms with van der Waals surface area (Å²) >= 11 is 0. The van der Waals surface area contributed by atoms with Gasteiger partial charge in [0.25, 0.3) is 0 Å². The zero-order valence-electron chi connectivity index (χ0n) is 8.39. The second-order valence-electron chi connectivity index (χ2n) is 3.95. The molecule has 0 spiro atoms. The third kappa shape index (κ3) is 1.94. The van der Waals surface area contributed by atoms with Crippen molar-refractivity contribution in [1.82, 2.24) is 4.98 Å². The maximum Gasteiger partial charge on any atom is 0.0551 e. The molecule has 0 radical (unpaired) electrons. The molecule has 1 aromatic heterocycles. The standard InChI is InChI=1S/C11H16N2O/c1-8-5-10(7-14-8)11(12)9-3-2-4-13-6-9/h2-4,6,8,10-11H,5,7,12H2,1H3. The van der Waals surface area contributed by atoms with E-state index in [9.17, 15) is 0 Å². The Morgan fingerprint density at radius 3 is 3.07 bits per heavy atom. The van der Waals surface area contributed by atoms with E-state index in [0.717, 1.165) is 18.6 Å². The Bertz CT molecular complexity index is 289. The van der Waals surface area contributed by atoms with Crippen LogP contribution >= 0.6 is 0 Å². The molecule has 3 unspecified atom stereocenters. The molecule has 3 nitrogen and oxygen atoms in total. The maximum atomic E-state index is 6.14. The number of nitrogens with two attached hydrogens (primary N) is 1. The second kappa shape index (κ2) is 4.07. The normalized spacial score (nSPS) is 29.0. The molecule has 1 saturated heterocycles. The first kappa shape index (κ1) is 9.62. The highest BCUT2D eigenvalue weighted by atomic mass is 16.5. The van der Waals surface area contributed by atoms with Crippen molar-refractivity contribution >= 4 is 0 Å². The van der Waals surface area contributed by atoms with E-state index in [1.165, 1.54) is 0 Å².